The fourth-order valence-corrected chi connectivity index (χ4v) is 2.56. The van der Waals surface area contributed by atoms with Crippen LogP contribution in [0.1, 0.15) is 38.2 Å². The Kier molecular flexibility index (Phi) is 3.78. The van der Waals surface area contributed by atoms with Crippen LogP contribution in [0.3, 0.4) is 0 Å². The summed E-state index contributed by atoms with van der Waals surface area (Å²) in [4.78, 5) is 6.61. The van der Waals surface area contributed by atoms with Crippen molar-refractivity contribution in [2.45, 2.75) is 45.2 Å². The quantitative estimate of drug-likeness (QED) is 0.849. The van der Waals surface area contributed by atoms with Crippen molar-refractivity contribution >= 4 is 5.82 Å². The lowest BCUT2D eigenvalue weighted by Gasteiger charge is -2.35. The van der Waals surface area contributed by atoms with Gasteiger partial charge in [-0.1, -0.05) is 13.3 Å². The summed E-state index contributed by atoms with van der Waals surface area (Å²) in [6, 6.07) is 4.81. The van der Waals surface area contributed by atoms with Gasteiger partial charge < -0.3 is 5.73 Å². The zero-order valence-electron chi connectivity index (χ0n) is 10.0. The first-order chi connectivity index (χ1) is 7.79. The number of nitrogen functional groups attached to an aromatic ring is 1. The molecule has 3 nitrogen and oxygen atoms in total. The Morgan fingerprint density at radius 3 is 3.12 bits per heavy atom. The van der Waals surface area contributed by atoms with E-state index in [1.165, 1.54) is 37.8 Å². The largest absolute Gasteiger partial charge is 0.384 e. The molecular weight excluding hydrogens is 198 g/mol. The molecule has 2 N–H and O–H groups in total. The van der Waals surface area contributed by atoms with Crippen LogP contribution in [0, 0.1) is 0 Å². The average Bonchev–Trinajstić information content (AvgIpc) is 2.30. The number of aromatic nitrogens is 1. The SMILES string of the molecule is CCC1CCCCN1Cc1ccnc(N)c1. The van der Waals surface area contributed by atoms with Crippen molar-refractivity contribution in [3.8, 4) is 0 Å². The summed E-state index contributed by atoms with van der Waals surface area (Å²) in [6.45, 7) is 4.52. The Labute approximate surface area is 97.7 Å². The molecule has 0 aromatic carbocycles. The molecule has 2 rings (SSSR count). The van der Waals surface area contributed by atoms with Crippen molar-refractivity contribution in [3.05, 3.63) is 23.9 Å². The molecule has 1 unspecified atom stereocenters. The number of anilines is 1. The van der Waals surface area contributed by atoms with Crippen LogP contribution in [0.2, 0.25) is 0 Å². The van der Waals surface area contributed by atoms with E-state index in [1.54, 1.807) is 6.20 Å². The normalized spacial score (nSPS) is 22.2. The van der Waals surface area contributed by atoms with E-state index in [2.05, 4.69) is 22.9 Å². The van der Waals surface area contributed by atoms with Crippen molar-refractivity contribution in [1.82, 2.24) is 9.88 Å². The summed E-state index contributed by atoms with van der Waals surface area (Å²) in [5.74, 6) is 0.627. The third-order valence-corrected chi connectivity index (χ3v) is 3.45. The number of pyridine rings is 1. The minimum absolute atomic E-state index is 0.627. The fourth-order valence-electron chi connectivity index (χ4n) is 2.56. The summed E-state index contributed by atoms with van der Waals surface area (Å²) in [5.41, 5.74) is 6.99. The van der Waals surface area contributed by atoms with E-state index < -0.39 is 0 Å². The molecule has 1 atom stereocenters. The van der Waals surface area contributed by atoms with Gasteiger partial charge in [0.25, 0.3) is 0 Å². The Hall–Kier alpha value is -1.09. The van der Waals surface area contributed by atoms with Gasteiger partial charge in [0.1, 0.15) is 5.82 Å². The second kappa shape index (κ2) is 5.30. The van der Waals surface area contributed by atoms with Crippen LogP contribution in [-0.2, 0) is 6.54 Å². The number of nitrogens with zero attached hydrogens (tertiary/aromatic N) is 2. The smallest absolute Gasteiger partial charge is 0.123 e. The van der Waals surface area contributed by atoms with Gasteiger partial charge in [-0.2, -0.15) is 0 Å². The van der Waals surface area contributed by atoms with Crippen LogP contribution in [0.4, 0.5) is 5.82 Å². The molecule has 0 bridgehead atoms. The summed E-state index contributed by atoms with van der Waals surface area (Å²) in [7, 11) is 0. The lowest BCUT2D eigenvalue weighted by atomic mass is 9.99. The second-order valence-electron chi connectivity index (χ2n) is 4.62. The van der Waals surface area contributed by atoms with Crippen LogP contribution >= 0.6 is 0 Å². The first kappa shape index (κ1) is 11.4. The fraction of sp³-hybridized carbons (Fsp3) is 0.615. The van der Waals surface area contributed by atoms with E-state index >= 15 is 0 Å². The maximum atomic E-state index is 5.70. The topological polar surface area (TPSA) is 42.2 Å². The molecule has 1 aliphatic rings. The molecule has 88 valence electrons. The van der Waals surface area contributed by atoms with Crippen molar-refractivity contribution < 1.29 is 0 Å². The summed E-state index contributed by atoms with van der Waals surface area (Å²) >= 11 is 0. The van der Waals surface area contributed by atoms with Gasteiger partial charge >= 0.3 is 0 Å². The third-order valence-electron chi connectivity index (χ3n) is 3.45. The monoisotopic (exact) mass is 219 g/mol. The highest BCUT2D eigenvalue weighted by Gasteiger charge is 2.20. The van der Waals surface area contributed by atoms with E-state index in [0.717, 1.165) is 12.6 Å². The lowest BCUT2D eigenvalue weighted by molar-refractivity contribution is 0.136. The van der Waals surface area contributed by atoms with E-state index in [1.807, 2.05) is 6.07 Å². The van der Waals surface area contributed by atoms with E-state index in [0.29, 0.717) is 5.82 Å². The Morgan fingerprint density at radius 1 is 1.50 bits per heavy atom. The third kappa shape index (κ3) is 2.73. The molecule has 1 fully saturated rings. The van der Waals surface area contributed by atoms with Gasteiger partial charge in [-0.25, -0.2) is 4.98 Å². The molecule has 3 heteroatoms. The van der Waals surface area contributed by atoms with Gasteiger partial charge in [-0.05, 0) is 43.5 Å². The molecule has 2 heterocycles. The maximum absolute atomic E-state index is 5.70. The van der Waals surface area contributed by atoms with Gasteiger partial charge in [0.2, 0.25) is 0 Å². The summed E-state index contributed by atoms with van der Waals surface area (Å²) in [5, 5.41) is 0. The predicted molar refractivity (Wildman–Crippen MR) is 67.0 cm³/mol. The van der Waals surface area contributed by atoms with Crippen molar-refractivity contribution in [2.75, 3.05) is 12.3 Å². The number of likely N-dealkylation sites (tertiary alicyclic amines) is 1. The highest BCUT2D eigenvalue weighted by atomic mass is 15.2. The number of rotatable bonds is 3. The zero-order valence-corrected chi connectivity index (χ0v) is 10.0. The van der Waals surface area contributed by atoms with Gasteiger partial charge in [0.05, 0.1) is 0 Å². The number of hydrogen-bond acceptors (Lipinski definition) is 3. The molecule has 1 aromatic heterocycles. The maximum Gasteiger partial charge on any atom is 0.123 e. The molecule has 1 aliphatic heterocycles. The number of piperidine rings is 1. The van der Waals surface area contributed by atoms with Crippen LogP contribution in [0.5, 0.6) is 0 Å². The van der Waals surface area contributed by atoms with Crippen molar-refractivity contribution in [2.24, 2.45) is 0 Å². The second-order valence-corrected chi connectivity index (χ2v) is 4.62. The summed E-state index contributed by atoms with van der Waals surface area (Å²) < 4.78 is 0. The van der Waals surface area contributed by atoms with Crippen LogP contribution in [0.15, 0.2) is 18.3 Å². The molecule has 0 amide bonds. The molecule has 0 radical (unpaired) electrons. The zero-order chi connectivity index (χ0) is 11.4. The van der Waals surface area contributed by atoms with Crippen molar-refractivity contribution in [1.29, 1.82) is 0 Å². The molecule has 16 heavy (non-hydrogen) atoms. The number of hydrogen-bond donors (Lipinski definition) is 1. The Morgan fingerprint density at radius 2 is 2.38 bits per heavy atom. The predicted octanol–water partition coefficient (Wildman–Crippen LogP) is 2.43. The molecule has 0 spiro atoms. The molecular formula is C13H21N3. The van der Waals surface area contributed by atoms with E-state index in [-0.39, 0.29) is 0 Å². The average molecular weight is 219 g/mol. The minimum Gasteiger partial charge on any atom is -0.384 e. The highest BCUT2D eigenvalue weighted by molar-refractivity contribution is 5.31. The molecule has 1 saturated heterocycles. The van der Waals surface area contributed by atoms with Crippen LogP contribution < -0.4 is 5.73 Å². The lowest BCUT2D eigenvalue weighted by Crippen LogP contribution is -2.38. The molecule has 1 aromatic rings. The van der Waals surface area contributed by atoms with E-state index in [4.69, 9.17) is 5.73 Å². The Bertz CT molecular complexity index is 338. The van der Waals surface area contributed by atoms with Crippen molar-refractivity contribution in [3.63, 3.8) is 0 Å². The standard InChI is InChI=1S/C13H21N3/c1-2-12-5-3-4-8-16(12)10-11-6-7-15-13(14)9-11/h6-7,9,12H,2-5,8,10H2,1H3,(H2,14,15). The van der Waals surface area contributed by atoms with Crippen LogP contribution in [0.25, 0.3) is 0 Å². The first-order valence-electron chi connectivity index (χ1n) is 6.24. The highest BCUT2D eigenvalue weighted by Crippen LogP contribution is 2.21. The van der Waals surface area contributed by atoms with Gasteiger partial charge in [-0.3, -0.25) is 4.90 Å². The summed E-state index contributed by atoms with van der Waals surface area (Å²) in [6.07, 6.45) is 7.11. The first-order valence-corrected chi connectivity index (χ1v) is 6.24. The minimum atomic E-state index is 0.627. The van der Waals surface area contributed by atoms with Gasteiger partial charge in [0.15, 0.2) is 0 Å². The van der Waals surface area contributed by atoms with Gasteiger partial charge in [0, 0.05) is 18.8 Å². The van der Waals surface area contributed by atoms with E-state index in [9.17, 15) is 0 Å². The van der Waals surface area contributed by atoms with Gasteiger partial charge in [-0.15, -0.1) is 0 Å². The molecule has 0 aliphatic carbocycles. The van der Waals surface area contributed by atoms with Crippen LogP contribution in [-0.4, -0.2) is 22.5 Å². The molecule has 0 saturated carbocycles. The number of nitrogens with two attached hydrogens (primary N) is 1. The Balaban J connectivity index is 2.02.